The van der Waals surface area contributed by atoms with Gasteiger partial charge in [0.25, 0.3) is 0 Å². The minimum Gasteiger partial charge on any atom is -0.289 e. The van der Waals surface area contributed by atoms with Crippen LogP contribution in [0, 0.1) is 22.7 Å². The quantitative estimate of drug-likeness (QED) is 0.615. The van der Waals surface area contributed by atoms with Gasteiger partial charge in [-0.05, 0) is 52.4 Å². The molecule has 0 N–H and O–H groups in total. The van der Waals surface area contributed by atoms with E-state index in [1.54, 1.807) is 0 Å². The number of hydrogen-bond donors (Lipinski definition) is 0. The van der Waals surface area contributed by atoms with Gasteiger partial charge >= 0.3 is 0 Å². The molecule has 1 saturated carbocycles. The van der Waals surface area contributed by atoms with Crippen LogP contribution in [0.1, 0.15) is 60.3 Å². The Bertz CT molecular complexity index is 636. The van der Waals surface area contributed by atoms with Gasteiger partial charge in [-0.1, -0.05) is 41.0 Å². The maximum absolute atomic E-state index is 13.0. The van der Waals surface area contributed by atoms with Gasteiger partial charge in [0.2, 0.25) is 0 Å². The maximum atomic E-state index is 13.0. The molecule has 3 aliphatic carbocycles. The predicted octanol–water partition coefficient (Wildman–Crippen LogP) is 4.98. The second-order valence-electron chi connectivity index (χ2n) is 8.41. The summed E-state index contributed by atoms with van der Waals surface area (Å²) in [6, 6.07) is 0. The standard InChI is InChI=1S/C19H25BrO2/c1-10(2)13-15(20)17(22)14-11(16(13)21)9-12-18(3,4)7-6-8-19(12,14)5/h10,12H,6-9H2,1-5H3/t12-,19-/m0/s1. The fourth-order valence-corrected chi connectivity index (χ4v) is 6.02. The fraction of sp³-hybridized carbons (Fsp3) is 0.684. The molecule has 0 spiro atoms. The molecule has 0 aromatic rings. The smallest absolute Gasteiger partial charge is 0.197 e. The molecule has 0 unspecified atom stereocenters. The van der Waals surface area contributed by atoms with Crippen LogP contribution in [0.15, 0.2) is 21.2 Å². The van der Waals surface area contributed by atoms with Crippen molar-refractivity contribution in [3.8, 4) is 0 Å². The van der Waals surface area contributed by atoms with Gasteiger partial charge in [0.1, 0.15) is 0 Å². The molecule has 0 bridgehead atoms. The van der Waals surface area contributed by atoms with Gasteiger partial charge in [-0.15, -0.1) is 0 Å². The molecule has 2 atom stereocenters. The summed E-state index contributed by atoms with van der Waals surface area (Å²) in [5, 5.41) is 0. The Balaban J connectivity index is 2.14. The van der Waals surface area contributed by atoms with Gasteiger partial charge in [-0.3, -0.25) is 9.59 Å². The molecule has 3 heteroatoms. The average Bonchev–Trinajstić information content (AvgIpc) is 2.71. The van der Waals surface area contributed by atoms with E-state index in [0.717, 1.165) is 30.4 Å². The third kappa shape index (κ3) is 1.97. The van der Waals surface area contributed by atoms with Gasteiger partial charge < -0.3 is 0 Å². The van der Waals surface area contributed by atoms with Crippen molar-refractivity contribution in [1.82, 2.24) is 0 Å². The molecule has 0 aromatic carbocycles. The third-order valence-electron chi connectivity index (χ3n) is 6.27. The van der Waals surface area contributed by atoms with E-state index in [-0.39, 0.29) is 28.3 Å². The lowest BCUT2D eigenvalue weighted by Gasteiger charge is -2.48. The molecule has 22 heavy (non-hydrogen) atoms. The summed E-state index contributed by atoms with van der Waals surface area (Å²) in [4.78, 5) is 26.0. The highest BCUT2D eigenvalue weighted by Crippen LogP contribution is 2.63. The van der Waals surface area contributed by atoms with Crippen molar-refractivity contribution in [2.45, 2.75) is 60.3 Å². The Kier molecular flexibility index (Phi) is 3.60. The van der Waals surface area contributed by atoms with Crippen LogP contribution < -0.4 is 0 Å². The van der Waals surface area contributed by atoms with Gasteiger partial charge in [-0.2, -0.15) is 0 Å². The first kappa shape index (κ1) is 16.2. The number of halogens is 1. The lowest BCUT2D eigenvalue weighted by atomic mass is 9.56. The molecule has 0 aliphatic heterocycles. The number of Topliss-reactive ketones (excluding diaryl/α,β-unsaturated/α-hetero) is 2. The van der Waals surface area contributed by atoms with E-state index in [9.17, 15) is 9.59 Å². The highest BCUT2D eigenvalue weighted by Gasteiger charge is 2.57. The molecule has 3 rings (SSSR count). The summed E-state index contributed by atoms with van der Waals surface area (Å²) in [6.45, 7) is 10.8. The van der Waals surface area contributed by atoms with Crippen molar-refractivity contribution >= 4 is 27.5 Å². The number of carbonyl (C=O) groups excluding carboxylic acids is 2. The molecule has 0 radical (unpaired) electrons. The Labute approximate surface area is 141 Å². The van der Waals surface area contributed by atoms with E-state index in [1.807, 2.05) is 13.8 Å². The summed E-state index contributed by atoms with van der Waals surface area (Å²) in [5.41, 5.74) is 2.37. The van der Waals surface area contributed by atoms with Crippen LogP contribution in [0.2, 0.25) is 0 Å². The third-order valence-corrected chi connectivity index (χ3v) is 7.06. The van der Waals surface area contributed by atoms with Crippen molar-refractivity contribution in [3.63, 3.8) is 0 Å². The van der Waals surface area contributed by atoms with Crippen molar-refractivity contribution in [3.05, 3.63) is 21.2 Å². The molecule has 0 amide bonds. The zero-order valence-electron chi connectivity index (χ0n) is 14.2. The van der Waals surface area contributed by atoms with Crippen molar-refractivity contribution in [2.75, 3.05) is 0 Å². The van der Waals surface area contributed by atoms with E-state index in [2.05, 4.69) is 36.7 Å². The van der Waals surface area contributed by atoms with Gasteiger partial charge in [0.15, 0.2) is 11.6 Å². The monoisotopic (exact) mass is 364 g/mol. The van der Waals surface area contributed by atoms with Crippen molar-refractivity contribution in [1.29, 1.82) is 0 Å². The number of carbonyl (C=O) groups is 2. The van der Waals surface area contributed by atoms with E-state index in [4.69, 9.17) is 0 Å². The minimum absolute atomic E-state index is 0.0704. The average molecular weight is 365 g/mol. The van der Waals surface area contributed by atoms with Crippen LogP contribution in [-0.2, 0) is 9.59 Å². The molecule has 0 saturated heterocycles. The zero-order chi connectivity index (χ0) is 16.4. The van der Waals surface area contributed by atoms with Crippen LogP contribution in [0.5, 0.6) is 0 Å². The number of allylic oxidation sites excluding steroid dienone is 4. The second kappa shape index (κ2) is 4.90. The number of ketones is 2. The highest BCUT2D eigenvalue weighted by molar-refractivity contribution is 9.12. The summed E-state index contributed by atoms with van der Waals surface area (Å²) in [7, 11) is 0. The molecule has 0 aromatic heterocycles. The summed E-state index contributed by atoms with van der Waals surface area (Å²) in [5.74, 6) is 0.658. The van der Waals surface area contributed by atoms with Crippen LogP contribution in [-0.4, -0.2) is 11.6 Å². The summed E-state index contributed by atoms with van der Waals surface area (Å²) >= 11 is 3.44. The molecular weight excluding hydrogens is 340 g/mol. The molecule has 1 fully saturated rings. The van der Waals surface area contributed by atoms with Gasteiger partial charge in [0, 0.05) is 22.1 Å². The van der Waals surface area contributed by atoms with Gasteiger partial charge in [-0.25, -0.2) is 0 Å². The van der Waals surface area contributed by atoms with E-state index < -0.39 is 0 Å². The zero-order valence-corrected chi connectivity index (χ0v) is 15.8. The predicted molar refractivity (Wildman–Crippen MR) is 91.7 cm³/mol. The number of hydrogen-bond acceptors (Lipinski definition) is 2. The highest BCUT2D eigenvalue weighted by atomic mass is 79.9. The molecule has 3 aliphatic rings. The Morgan fingerprint density at radius 2 is 1.73 bits per heavy atom. The minimum atomic E-state index is -0.134. The van der Waals surface area contributed by atoms with Crippen molar-refractivity contribution < 1.29 is 9.59 Å². The Hall–Kier alpha value is -0.700. The molecule has 0 heterocycles. The Morgan fingerprint density at radius 1 is 1.09 bits per heavy atom. The number of fused-ring (bicyclic) bond motifs is 2. The van der Waals surface area contributed by atoms with Gasteiger partial charge in [0.05, 0.1) is 4.48 Å². The molecule has 2 nitrogen and oxygen atoms in total. The second-order valence-corrected chi connectivity index (χ2v) is 9.20. The lowest BCUT2D eigenvalue weighted by Crippen LogP contribution is -2.41. The largest absolute Gasteiger partial charge is 0.289 e. The molecular formula is C19H25BrO2. The van der Waals surface area contributed by atoms with Crippen LogP contribution in [0.25, 0.3) is 0 Å². The first-order chi connectivity index (χ1) is 10.1. The summed E-state index contributed by atoms with van der Waals surface area (Å²) in [6.07, 6.45) is 4.12. The lowest BCUT2D eigenvalue weighted by molar-refractivity contribution is -0.117. The van der Waals surface area contributed by atoms with E-state index >= 15 is 0 Å². The van der Waals surface area contributed by atoms with Crippen LogP contribution >= 0.6 is 15.9 Å². The van der Waals surface area contributed by atoms with Crippen LogP contribution in [0.3, 0.4) is 0 Å². The maximum Gasteiger partial charge on any atom is 0.197 e. The number of rotatable bonds is 1. The topological polar surface area (TPSA) is 34.1 Å². The first-order valence-electron chi connectivity index (χ1n) is 8.34. The van der Waals surface area contributed by atoms with E-state index in [0.29, 0.717) is 16.0 Å². The van der Waals surface area contributed by atoms with Crippen LogP contribution in [0.4, 0.5) is 0 Å². The SMILES string of the molecule is CC(C)C1=C(Br)C(=O)C2=C(C[C@H]3C(C)(C)CCC[C@]23C)C1=O. The fourth-order valence-electron chi connectivity index (χ4n) is 5.19. The van der Waals surface area contributed by atoms with Crippen molar-refractivity contribution in [2.24, 2.45) is 22.7 Å². The normalized spacial score (nSPS) is 34.4. The molecule has 120 valence electrons. The Morgan fingerprint density at radius 3 is 2.32 bits per heavy atom. The van der Waals surface area contributed by atoms with E-state index in [1.165, 1.54) is 6.42 Å². The summed E-state index contributed by atoms with van der Waals surface area (Å²) < 4.78 is 0.511. The first-order valence-corrected chi connectivity index (χ1v) is 9.13.